The van der Waals surface area contributed by atoms with Crippen molar-refractivity contribution < 1.29 is 4.79 Å². The Hall–Kier alpha value is -1.68. The second-order valence-corrected chi connectivity index (χ2v) is 8.05. The lowest BCUT2D eigenvalue weighted by atomic mass is 9.88. The van der Waals surface area contributed by atoms with Crippen molar-refractivity contribution in [3.63, 3.8) is 0 Å². The summed E-state index contributed by atoms with van der Waals surface area (Å²) in [5, 5.41) is 2.07. The Kier molecular flexibility index (Phi) is 2.95. The van der Waals surface area contributed by atoms with Crippen LogP contribution < -0.4 is 0 Å². The topological polar surface area (TPSA) is 33.2 Å². The molecular weight excluding hydrogens is 292 g/mol. The van der Waals surface area contributed by atoms with Crippen LogP contribution in [0.25, 0.3) is 0 Å². The van der Waals surface area contributed by atoms with Crippen molar-refractivity contribution in [1.82, 2.24) is 9.88 Å². The number of thiophene rings is 1. The van der Waals surface area contributed by atoms with Crippen molar-refractivity contribution in [1.29, 1.82) is 0 Å². The van der Waals surface area contributed by atoms with Crippen molar-refractivity contribution in [2.75, 3.05) is 13.1 Å². The molecule has 4 heteroatoms. The fourth-order valence-electron chi connectivity index (χ4n) is 3.75. The maximum Gasteiger partial charge on any atom is 0.234 e. The van der Waals surface area contributed by atoms with Crippen LogP contribution in [0.1, 0.15) is 36.8 Å². The van der Waals surface area contributed by atoms with E-state index in [0.717, 1.165) is 25.2 Å². The molecule has 0 radical (unpaired) electrons. The Morgan fingerprint density at radius 1 is 1.27 bits per heavy atom. The molecule has 0 spiro atoms. The van der Waals surface area contributed by atoms with E-state index in [1.54, 1.807) is 11.3 Å². The number of carbonyl (C=O) groups excluding carboxylic acids is 1. The van der Waals surface area contributed by atoms with Gasteiger partial charge in [-0.1, -0.05) is 26.0 Å². The summed E-state index contributed by atoms with van der Waals surface area (Å²) in [4.78, 5) is 20.8. The average Bonchev–Trinajstić information content (AvgIpc) is 2.85. The second kappa shape index (κ2) is 4.66. The van der Waals surface area contributed by atoms with E-state index in [4.69, 9.17) is 0 Å². The maximum absolute atomic E-state index is 13.1. The molecule has 0 bridgehead atoms. The summed E-state index contributed by atoms with van der Waals surface area (Å²) in [5.74, 6) is 0.708. The molecule has 1 aliphatic heterocycles. The molecule has 3 heterocycles. The summed E-state index contributed by atoms with van der Waals surface area (Å²) in [6, 6.07) is 10.2. The molecule has 4 rings (SSSR count). The Morgan fingerprint density at radius 3 is 2.59 bits per heavy atom. The minimum atomic E-state index is -0.281. The number of nitrogens with zero attached hydrogens (tertiary/aromatic N) is 2. The Balaban J connectivity index is 1.52. The van der Waals surface area contributed by atoms with E-state index in [1.807, 2.05) is 23.2 Å². The summed E-state index contributed by atoms with van der Waals surface area (Å²) >= 11 is 1.71. The van der Waals surface area contributed by atoms with Crippen molar-refractivity contribution in [3.05, 3.63) is 52.5 Å². The van der Waals surface area contributed by atoms with Crippen molar-refractivity contribution in [3.8, 4) is 0 Å². The number of rotatable bonds is 3. The monoisotopic (exact) mass is 312 g/mol. The van der Waals surface area contributed by atoms with Gasteiger partial charge in [0.1, 0.15) is 0 Å². The second-order valence-electron chi connectivity index (χ2n) is 7.10. The molecule has 0 aromatic carbocycles. The largest absolute Gasteiger partial charge is 0.340 e. The highest BCUT2D eigenvalue weighted by Crippen LogP contribution is 2.66. The van der Waals surface area contributed by atoms with Crippen LogP contribution in [0.4, 0.5) is 0 Å². The summed E-state index contributed by atoms with van der Waals surface area (Å²) in [6.07, 6.45) is 2.79. The molecule has 114 valence electrons. The third-order valence-corrected chi connectivity index (χ3v) is 6.35. The van der Waals surface area contributed by atoms with E-state index in [-0.39, 0.29) is 10.8 Å². The van der Waals surface area contributed by atoms with Gasteiger partial charge in [-0.2, -0.15) is 0 Å². The third-order valence-electron chi connectivity index (χ3n) is 5.32. The van der Waals surface area contributed by atoms with E-state index in [2.05, 4.69) is 42.4 Å². The van der Waals surface area contributed by atoms with E-state index < -0.39 is 0 Å². The fourth-order valence-corrected chi connectivity index (χ4v) is 4.85. The van der Waals surface area contributed by atoms with Crippen LogP contribution in [0.3, 0.4) is 0 Å². The van der Waals surface area contributed by atoms with Gasteiger partial charge in [-0.3, -0.25) is 9.78 Å². The van der Waals surface area contributed by atoms with E-state index >= 15 is 0 Å². The van der Waals surface area contributed by atoms with E-state index in [0.29, 0.717) is 11.8 Å². The number of hydrogen-bond donors (Lipinski definition) is 0. The summed E-state index contributed by atoms with van der Waals surface area (Å²) in [7, 11) is 0. The van der Waals surface area contributed by atoms with Crippen LogP contribution in [0.2, 0.25) is 0 Å². The Morgan fingerprint density at radius 2 is 2.05 bits per heavy atom. The van der Waals surface area contributed by atoms with Crippen molar-refractivity contribution >= 4 is 17.2 Å². The number of pyridine rings is 1. The number of carbonyl (C=O) groups is 1. The zero-order valence-electron chi connectivity index (χ0n) is 13.0. The molecule has 1 saturated carbocycles. The van der Waals surface area contributed by atoms with Gasteiger partial charge in [0.25, 0.3) is 0 Å². The Labute approximate surface area is 135 Å². The van der Waals surface area contributed by atoms with Gasteiger partial charge in [-0.25, -0.2) is 0 Å². The smallest absolute Gasteiger partial charge is 0.234 e. The molecule has 1 amide bonds. The Bertz CT molecular complexity index is 689. The lowest BCUT2D eigenvalue weighted by molar-refractivity contribution is -0.139. The van der Waals surface area contributed by atoms with Crippen molar-refractivity contribution in [2.45, 2.75) is 31.6 Å². The molecule has 3 nitrogen and oxygen atoms in total. The molecule has 1 aliphatic carbocycles. The first-order valence-corrected chi connectivity index (χ1v) is 8.67. The zero-order chi connectivity index (χ0) is 15.4. The lowest BCUT2D eigenvalue weighted by Crippen LogP contribution is -2.53. The molecule has 1 saturated heterocycles. The van der Waals surface area contributed by atoms with Gasteiger partial charge < -0.3 is 4.90 Å². The first kappa shape index (κ1) is 13.9. The number of aromatic nitrogens is 1. The van der Waals surface area contributed by atoms with Gasteiger partial charge in [-0.15, -0.1) is 11.3 Å². The van der Waals surface area contributed by atoms with Gasteiger partial charge in [0.2, 0.25) is 5.91 Å². The summed E-state index contributed by atoms with van der Waals surface area (Å²) in [5.41, 5.74) is 0.896. The van der Waals surface area contributed by atoms with Gasteiger partial charge in [0.05, 0.1) is 5.41 Å². The molecule has 1 atom stereocenters. The standard InChI is InChI=1S/C18H20N2OS/c1-17(2)12-18(17,15-7-5-9-22-15)16(21)20-10-13(11-20)14-6-3-4-8-19-14/h3-9,13H,10-12H2,1-2H3/t18-/m0/s1. The maximum atomic E-state index is 13.1. The van der Waals surface area contributed by atoms with Gasteiger partial charge in [-0.05, 0) is 35.4 Å². The normalized spacial score (nSPS) is 26.5. The first-order valence-electron chi connectivity index (χ1n) is 7.79. The highest BCUT2D eigenvalue weighted by atomic mass is 32.1. The van der Waals surface area contributed by atoms with Crippen LogP contribution in [0.15, 0.2) is 41.9 Å². The zero-order valence-corrected chi connectivity index (χ0v) is 13.8. The molecule has 2 aromatic rings. The van der Waals surface area contributed by atoms with Gasteiger partial charge >= 0.3 is 0 Å². The molecule has 22 heavy (non-hydrogen) atoms. The predicted molar refractivity (Wildman–Crippen MR) is 88.0 cm³/mol. The minimum absolute atomic E-state index is 0.0744. The third kappa shape index (κ3) is 1.86. The fraction of sp³-hybridized carbons (Fsp3) is 0.444. The van der Waals surface area contributed by atoms with E-state index in [9.17, 15) is 4.79 Å². The average molecular weight is 312 g/mol. The van der Waals surface area contributed by atoms with Crippen LogP contribution in [0.5, 0.6) is 0 Å². The van der Waals surface area contributed by atoms with Gasteiger partial charge in [0.15, 0.2) is 0 Å². The van der Waals surface area contributed by atoms with E-state index in [1.165, 1.54) is 4.88 Å². The summed E-state index contributed by atoms with van der Waals surface area (Å²) < 4.78 is 0. The van der Waals surface area contributed by atoms with Crippen LogP contribution in [0, 0.1) is 5.41 Å². The van der Waals surface area contributed by atoms with Gasteiger partial charge in [0, 0.05) is 35.8 Å². The lowest BCUT2D eigenvalue weighted by Gasteiger charge is -2.41. The molecule has 2 fully saturated rings. The first-order chi connectivity index (χ1) is 10.5. The highest BCUT2D eigenvalue weighted by molar-refractivity contribution is 7.10. The number of hydrogen-bond acceptors (Lipinski definition) is 3. The molecule has 2 aliphatic rings. The molecular formula is C18H20N2OS. The van der Waals surface area contributed by atoms with Crippen LogP contribution >= 0.6 is 11.3 Å². The molecule has 2 aromatic heterocycles. The molecule has 0 unspecified atom stereocenters. The minimum Gasteiger partial charge on any atom is -0.340 e. The quantitative estimate of drug-likeness (QED) is 0.870. The summed E-state index contributed by atoms with van der Waals surface area (Å²) in [6.45, 7) is 6.03. The highest BCUT2D eigenvalue weighted by Gasteiger charge is 2.69. The van der Waals surface area contributed by atoms with Crippen LogP contribution in [-0.2, 0) is 10.2 Å². The number of likely N-dealkylation sites (tertiary alicyclic amines) is 1. The molecule has 0 N–H and O–H groups in total. The SMILES string of the molecule is CC1(C)C[C@@]1(C(=O)N1CC(c2ccccn2)C1)c1cccs1. The van der Waals surface area contributed by atoms with Crippen molar-refractivity contribution in [2.24, 2.45) is 5.41 Å². The number of amides is 1. The van der Waals surface area contributed by atoms with Crippen LogP contribution in [-0.4, -0.2) is 28.9 Å². The predicted octanol–water partition coefficient (Wildman–Crippen LogP) is 3.44.